The highest BCUT2D eigenvalue weighted by atomic mass is 32.1. The molecule has 0 saturated carbocycles. The molecule has 0 aliphatic carbocycles. The number of piperidine rings is 1. The normalized spacial score (nSPS) is 14.1. The SMILES string of the molecule is COc1ccc(CNC(=O)CCn2c(N3CCCCC3)nc3ccsc3c2=O)cc1. The zero-order chi connectivity index (χ0) is 20.9. The highest BCUT2D eigenvalue weighted by molar-refractivity contribution is 7.17. The van der Waals surface area contributed by atoms with Gasteiger partial charge in [-0.2, -0.15) is 0 Å². The first kappa shape index (κ1) is 20.4. The molecule has 1 aromatic carbocycles. The van der Waals surface area contributed by atoms with E-state index in [1.165, 1.54) is 17.8 Å². The van der Waals surface area contributed by atoms with Crippen LogP contribution >= 0.6 is 11.3 Å². The summed E-state index contributed by atoms with van der Waals surface area (Å²) in [6.07, 6.45) is 3.63. The largest absolute Gasteiger partial charge is 0.497 e. The molecule has 2 aromatic heterocycles. The zero-order valence-corrected chi connectivity index (χ0v) is 17.9. The van der Waals surface area contributed by atoms with Gasteiger partial charge in [0.25, 0.3) is 5.56 Å². The first-order valence-corrected chi connectivity index (χ1v) is 11.2. The van der Waals surface area contributed by atoms with Crippen LogP contribution in [0.3, 0.4) is 0 Å². The number of thiophene rings is 1. The molecule has 30 heavy (non-hydrogen) atoms. The van der Waals surface area contributed by atoms with Gasteiger partial charge in [-0.1, -0.05) is 12.1 Å². The van der Waals surface area contributed by atoms with Crippen molar-refractivity contribution in [3.8, 4) is 5.75 Å². The van der Waals surface area contributed by atoms with Crippen molar-refractivity contribution in [2.24, 2.45) is 0 Å². The monoisotopic (exact) mass is 426 g/mol. The molecule has 3 aromatic rings. The lowest BCUT2D eigenvalue weighted by Crippen LogP contribution is -2.37. The molecule has 1 aliphatic rings. The molecule has 0 radical (unpaired) electrons. The Hall–Kier alpha value is -2.87. The molecular weight excluding hydrogens is 400 g/mol. The number of ether oxygens (including phenoxy) is 1. The van der Waals surface area contributed by atoms with E-state index in [1.54, 1.807) is 11.7 Å². The first-order chi connectivity index (χ1) is 14.7. The minimum Gasteiger partial charge on any atom is -0.497 e. The minimum absolute atomic E-state index is 0.0569. The second-order valence-electron chi connectivity index (χ2n) is 7.43. The van der Waals surface area contributed by atoms with Gasteiger partial charge in [-0.25, -0.2) is 4.98 Å². The average molecular weight is 427 g/mol. The van der Waals surface area contributed by atoms with Crippen LogP contribution in [0.25, 0.3) is 10.2 Å². The maximum Gasteiger partial charge on any atom is 0.272 e. The highest BCUT2D eigenvalue weighted by Crippen LogP contribution is 2.22. The molecule has 1 saturated heterocycles. The number of carbonyl (C=O) groups is 1. The van der Waals surface area contributed by atoms with Gasteiger partial charge in [0.1, 0.15) is 10.4 Å². The third kappa shape index (κ3) is 4.48. The number of benzene rings is 1. The second-order valence-corrected chi connectivity index (χ2v) is 8.34. The Balaban J connectivity index is 1.46. The Morgan fingerprint density at radius 1 is 1.17 bits per heavy atom. The summed E-state index contributed by atoms with van der Waals surface area (Å²) in [5, 5.41) is 4.82. The third-order valence-corrected chi connectivity index (χ3v) is 6.29. The predicted molar refractivity (Wildman–Crippen MR) is 119 cm³/mol. The van der Waals surface area contributed by atoms with Gasteiger partial charge in [0, 0.05) is 32.6 Å². The van der Waals surface area contributed by atoms with Crippen LogP contribution in [-0.2, 0) is 17.9 Å². The molecule has 1 fully saturated rings. The molecule has 1 N–H and O–H groups in total. The zero-order valence-electron chi connectivity index (χ0n) is 17.1. The summed E-state index contributed by atoms with van der Waals surface area (Å²) in [4.78, 5) is 32.5. The molecule has 0 unspecified atom stereocenters. The van der Waals surface area contributed by atoms with E-state index in [1.807, 2.05) is 35.7 Å². The van der Waals surface area contributed by atoms with Crippen molar-refractivity contribution in [3.63, 3.8) is 0 Å². The van der Waals surface area contributed by atoms with Crippen molar-refractivity contribution < 1.29 is 9.53 Å². The van der Waals surface area contributed by atoms with Crippen LogP contribution in [0, 0.1) is 0 Å². The van der Waals surface area contributed by atoms with Gasteiger partial charge in [-0.3, -0.25) is 14.2 Å². The molecular formula is C22H26N4O3S. The number of hydrogen-bond acceptors (Lipinski definition) is 6. The van der Waals surface area contributed by atoms with Crippen LogP contribution in [0.4, 0.5) is 5.95 Å². The lowest BCUT2D eigenvalue weighted by molar-refractivity contribution is -0.121. The van der Waals surface area contributed by atoms with Crippen molar-refractivity contribution in [1.29, 1.82) is 0 Å². The highest BCUT2D eigenvalue weighted by Gasteiger charge is 2.20. The van der Waals surface area contributed by atoms with Crippen molar-refractivity contribution in [2.75, 3.05) is 25.1 Å². The number of nitrogens with zero attached hydrogens (tertiary/aromatic N) is 3. The molecule has 4 rings (SSSR count). The van der Waals surface area contributed by atoms with Gasteiger partial charge in [-0.15, -0.1) is 11.3 Å². The quantitative estimate of drug-likeness (QED) is 0.628. The number of aromatic nitrogens is 2. The summed E-state index contributed by atoms with van der Waals surface area (Å²) in [5.41, 5.74) is 1.68. The molecule has 1 amide bonds. The fraction of sp³-hybridized carbons (Fsp3) is 0.409. The summed E-state index contributed by atoms with van der Waals surface area (Å²) >= 11 is 1.40. The Bertz CT molecular complexity index is 1070. The fourth-order valence-corrected chi connectivity index (χ4v) is 4.49. The Morgan fingerprint density at radius 3 is 2.67 bits per heavy atom. The summed E-state index contributed by atoms with van der Waals surface area (Å²) in [5.74, 6) is 1.38. The fourth-order valence-electron chi connectivity index (χ4n) is 3.71. The number of anilines is 1. The Morgan fingerprint density at radius 2 is 1.93 bits per heavy atom. The number of methoxy groups -OCH3 is 1. The van der Waals surface area contributed by atoms with Crippen LogP contribution in [0.5, 0.6) is 5.75 Å². The lowest BCUT2D eigenvalue weighted by Gasteiger charge is -2.29. The van der Waals surface area contributed by atoms with E-state index in [2.05, 4.69) is 10.2 Å². The van der Waals surface area contributed by atoms with Gasteiger partial charge >= 0.3 is 0 Å². The number of amides is 1. The van der Waals surface area contributed by atoms with Gasteiger partial charge in [-0.05, 0) is 48.4 Å². The maximum absolute atomic E-state index is 13.1. The molecule has 1 aliphatic heterocycles. The number of rotatable bonds is 7. The third-order valence-electron chi connectivity index (χ3n) is 5.40. The molecule has 0 bridgehead atoms. The molecule has 7 nitrogen and oxygen atoms in total. The second kappa shape index (κ2) is 9.30. The molecule has 0 spiro atoms. The number of hydrogen-bond donors (Lipinski definition) is 1. The van der Waals surface area contributed by atoms with E-state index in [4.69, 9.17) is 9.72 Å². The summed E-state index contributed by atoms with van der Waals surface area (Å²) in [7, 11) is 1.62. The van der Waals surface area contributed by atoms with Gasteiger partial charge in [0.15, 0.2) is 0 Å². The van der Waals surface area contributed by atoms with Crippen LogP contribution in [0.15, 0.2) is 40.5 Å². The van der Waals surface area contributed by atoms with Crippen LogP contribution in [0.2, 0.25) is 0 Å². The standard InChI is InChI=1S/C22H26N4O3S/c1-29-17-7-5-16(6-8-17)15-23-19(27)9-13-26-21(28)20-18(10-14-30-20)24-22(26)25-11-3-2-4-12-25/h5-8,10,14H,2-4,9,11-13,15H2,1H3,(H,23,27). The van der Waals surface area contributed by atoms with Gasteiger partial charge in [0.05, 0.1) is 12.6 Å². The van der Waals surface area contributed by atoms with E-state index in [-0.39, 0.29) is 17.9 Å². The summed E-state index contributed by atoms with van der Waals surface area (Å²) in [6.45, 7) is 2.55. The van der Waals surface area contributed by atoms with Gasteiger partial charge in [0.2, 0.25) is 11.9 Å². The van der Waals surface area contributed by atoms with E-state index in [0.29, 0.717) is 23.7 Å². The molecule has 0 atom stereocenters. The van der Waals surface area contributed by atoms with Crippen LogP contribution in [-0.4, -0.2) is 35.7 Å². The van der Waals surface area contributed by atoms with Gasteiger partial charge < -0.3 is 15.0 Å². The topological polar surface area (TPSA) is 76.5 Å². The number of nitrogens with one attached hydrogen (secondary N) is 1. The number of carbonyl (C=O) groups excluding carboxylic acids is 1. The minimum atomic E-state index is -0.0893. The Labute approximate surface area is 179 Å². The lowest BCUT2D eigenvalue weighted by atomic mass is 10.1. The van der Waals surface area contributed by atoms with E-state index >= 15 is 0 Å². The van der Waals surface area contributed by atoms with Crippen LogP contribution < -0.4 is 20.5 Å². The first-order valence-electron chi connectivity index (χ1n) is 10.3. The Kier molecular flexibility index (Phi) is 6.32. The summed E-state index contributed by atoms with van der Waals surface area (Å²) < 4.78 is 7.48. The van der Waals surface area contributed by atoms with Crippen LogP contribution in [0.1, 0.15) is 31.2 Å². The van der Waals surface area contributed by atoms with Crippen molar-refractivity contribution >= 4 is 33.4 Å². The van der Waals surface area contributed by atoms with Crippen molar-refractivity contribution in [3.05, 3.63) is 51.6 Å². The van der Waals surface area contributed by atoms with Crippen molar-refractivity contribution in [1.82, 2.24) is 14.9 Å². The molecule has 3 heterocycles. The van der Waals surface area contributed by atoms with E-state index in [9.17, 15) is 9.59 Å². The summed E-state index contributed by atoms with van der Waals surface area (Å²) in [6, 6.07) is 9.47. The maximum atomic E-state index is 13.1. The smallest absolute Gasteiger partial charge is 0.272 e. The van der Waals surface area contributed by atoms with E-state index < -0.39 is 0 Å². The average Bonchev–Trinajstić information content (AvgIpc) is 3.27. The molecule has 158 valence electrons. The molecule has 8 heteroatoms. The number of fused-ring (bicyclic) bond motifs is 1. The van der Waals surface area contributed by atoms with Crippen molar-refractivity contribution in [2.45, 2.75) is 38.8 Å². The predicted octanol–water partition coefficient (Wildman–Crippen LogP) is 3.16. The van der Waals surface area contributed by atoms with E-state index in [0.717, 1.165) is 42.8 Å².